The zero-order valence-electron chi connectivity index (χ0n) is 26.4. The molecule has 0 saturated carbocycles. The molecule has 2 aliphatic heterocycles. The summed E-state index contributed by atoms with van der Waals surface area (Å²) in [6, 6.07) is 15.1. The van der Waals surface area contributed by atoms with Gasteiger partial charge in [0.25, 0.3) is 5.91 Å². The van der Waals surface area contributed by atoms with E-state index in [1.54, 1.807) is 25.6 Å². The van der Waals surface area contributed by atoms with E-state index < -0.39 is 0 Å². The Hall–Kier alpha value is -4.42. The van der Waals surface area contributed by atoms with E-state index in [2.05, 4.69) is 31.2 Å². The molecule has 0 radical (unpaired) electrons. The summed E-state index contributed by atoms with van der Waals surface area (Å²) in [5.74, 6) is 0.277. The van der Waals surface area contributed by atoms with E-state index >= 15 is 0 Å². The molecule has 3 aromatic heterocycles. The number of nitrogens with zero attached hydrogens (tertiary/aromatic N) is 3. The molecule has 2 saturated heterocycles. The number of methoxy groups -OCH3 is 1. The number of pyridine rings is 3. The number of halogens is 1. The highest BCUT2D eigenvalue weighted by Crippen LogP contribution is 2.38. The number of aromatic nitrogens is 3. The van der Waals surface area contributed by atoms with Gasteiger partial charge in [-0.2, -0.15) is 0 Å². The SMILES string of the molecule is COc1nc(-c2ccnc(-c3cccc(NC(=O)c4ccc(CNCC5CCO5)cn4)c3C)c2Cl)ccc1CNCC1CCC(=O)N1. The predicted molar refractivity (Wildman–Crippen MR) is 180 cm³/mol. The molecule has 2 fully saturated rings. The number of hydrogen-bond donors (Lipinski definition) is 4. The van der Waals surface area contributed by atoms with Crippen molar-refractivity contribution in [3.05, 3.63) is 88.3 Å². The van der Waals surface area contributed by atoms with Gasteiger partial charge < -0.3 is 30.7 Å². The number of carbonyl (C=O) groups is 2. The van der Waals surface area contributed by atoms with Gasteiger partial charge in [-0.1, -0.05) is 35.9 Å². The lowest BCUT2D eigenvalue weighted by Gasteiger charge is -2.26. The number of ether oxygens (including phenoxy) is 2. The van der Waals surface area contributed by atoms with Crippen molar-refractivity contribution in [1.82, 2.24) is 30.9 Å². The van der Waals surface area contributed by atoms with Gasteiger partial charge in [0, 0.05) is 80.0 Å². The van der Waals surface area contributed by atoms with Crippen molar-refractivity contribution < 1.29 is 19.1 Å². The second-order valence-corrected chi connectivity index (χ2v) is 12.1. The molecule has 2 amide bonds. The Morgan fingerprint density at radius 3 is 2.62 bits per heavy atom. The average Bonchev–Trinajstić information content (AvgIpc) is 3.48. The molecule has 47 heavy (non-hydrogen) atoms. The third-order valence-electron chi connectivity index (χ3n) is 8.48. The Morgan fingerprint density at radius 2 is 1.89 bits per heavy atom. The first-order valence-corrected chi connectivity index (χ1v) is 16.1. The van der Waals surface area contributed by atoms with Crippen LogP contribution in [0.2, 0.25) is 5.02 Å². The van der Waals surface area contributed by atoms with Crippen LogP contribution < -0.4 is 26.0 Å². The van der Waals surface area contributed by atoms with Crippen LogP contribution in [0.4, 0.5) is 5.69 Å². The van der Waals surface area contributed by atoms with Crippen LogP contribution in [0.15, 0.2) is 60.9 Å². The molecule has 244 valence electrons. The minimum absolute atomic E-state index is 0.0956. The molecule has 0 aliphatic carbocycles. The average molecular weight is 656 g/mol. The van der Waals surface area contributed by atoms with E-state index in [4.69, 9.17) is 26.1 Å². The molecular weight excluding hydrogens is 618 g/mol. The van der Waals surface area contributed by atoms with Crippen LogP contribution in [0.25, 0.3) is 22.5 Å². The fourth-order valence-electron chi connectivity index (χ4n) is 5.67. The molecule has 0 bridgehead atoms. The lowest BCUT2D eigenvalue weighted by molar-refractivity contribution is -0.119. The number of amides is 2. The van der Waals surface area contributed by atoms with E-state index in [9.17, 15) is 9.59 Å². The van der Waals surface area contributed by atoms with Crippen molar-refractivity contribution in [3.8, 4) is 28.4 Å². The molecule has 11 nitrogen and oxygen atoms in total. The second-order valence-electron chi connectivity index (χ2n) is 11.7. The van der Waals surface area contributed by atoms with Crippen LogP contribution in [-0.2, 0) is 22.6 Å². The van der Waals surface area contributed by atoms with Crippen molar-refractivity contribution in [2.75, 3.05) is 32.1 Å². The summed E-state index contributed by atoms with van der Waals surface area (Å²) in [6.07, 6.45) is 6.19. The summed E-state index contributed by atoms with van der Waals surface area (Å²) >= 11 is 6.99. The Bertz CT molecular complexity index is 1750. The van der Waals surface area contributed by atoms with Gasteiger partial charge in [0.05, 0.1) is 29.6 Å². The van der Waals surface area contributed by atoms with Crippen LogP contribution in [0.1, 0.15) is 46.4 Å². The summed E-state index contributed by atoms with van der Waals surface area (Å²) in [5, 5.41) is 13.1. The molecule has 2 atom stereocenters. The summed E-state index contributed by atoms with van der Waals surface area (Å²) in [5.41, 5.74) is 6.37. The maximum Gasteiger partial charge on any atom is 0.274 e. The summed E-state index contributed by atoms with van der Waals surface area (Å²) in [7, 11) is 1.59. The molecule has 0 spiro atoms. The lowest BCUT2D eigenvalue weighted by atomic mass is 10.0. The summed E-state index contributed by atoms with van der Waals surface area (Å²) in [4.78, 5) is 38.3. The number of anilines is 1. The molecule has 2 unspecified atom stereocenters. The highest BCUT2D eigenvalue weighted by molar-refractivity contribution is 6.35. The van der Waals surface area contributed by atoms with Crippen LogP contribution in [0.3, 0.4) is 0 Å². The first-order chi connectivity index (χ1) is 22.9. The van der Waals surface area contributed by atoms with E-state index in [-0.39, 0.29) is 17.9 Å². The molecule has 4 aromatic rings. The Morgan fingerprint density at radius 1 is 1.04 bits per heavy atom. The standard InChI is InChI=1S/C35H38ClN7O4/c1-21-26(4-3-5-28(21)42-34(45)30-9-6-22(17-40-30)16-37-20-25-13-15-47-25)33-32(36)27(12-14-39-33)29-10-7-23(35(43-29)46-2)18-38-19-24-8-11-31(44)41-24/h3-7,9-10,12,14,17,24-25,37-38H,8,11,13,15-16,18-20H2,1-2H3,(H,41,44)(H,42,45). The predicted octanol–water partition coefficient (Wildman–Crippen LogP) is 4.68. The largest absolute Gasteiger partial charge is 0.481 e. The highest BCUT2D eigenvalue weighted by Gasteiger charge is 2.21. The minimum Gasteiger partial charge on any atom is -0.481 e. The normalized spacial score (nSPS) is 17.2. The van der Waals surface area contributed by atoms with Crippen molar-refractivity contribution in [3.63, 3.8) is 0 Å². The van der Waals surface area contributed by atoms with Gasteiger partial charge in [-0.15, -0.1) is 0 Å². The van der Waals surface area contributed by atoms with E-state index in [0.717, 1.165) is 48.2 Å². The third-order valence-corrected chi connectivity index (χ3v) is 8.86. The van der Waals surface area contributed by atoms with E-state index in [1.165, 1.54) is 0 Å². The van der Waals surface area contributed by atoms with Crippen LogP contribution >= 0.6 is 11.6 Å². The third kappa shape index (κ3) is 7.77. The first kappa shape index (κ1) is 32.5. The molecule has 2 aliphatic rings. The molecule has 12 heteroatoms. The monoisotopic (exact) mass is 655 g/mol. The minimum atomic E-state index is -0.306. The van der Waals surface area contributed by atoms with Crippen molar-refractivity contribution >= 4 is 29.1 Å². The Labute approximate surface area is 278 Å². The van der Waals surface area contributed by atoms with Gasteiger partial charge in [-0.05, 0) is 55.2 Å². The molecule has 1 aromatic carbocycles. The second kappa shape index (κ2) is 15.0. The van der Waals surface area contributed by atoms with Crippen LogP contribution in [0, 0.1) is 6.92 Å². The number of hydrogen-bond acceptors (Lipinski definition) is 9. The Kier molecular flexibility index (Phi) is 10.4. The van der Waals surface area contributed by atoms with Gasteiger partial charge in [0.2, 0.25) is 11.8 Å². The van der Waals surface area contributed by atoms with Gasteiger partial charge in [-0.25, -0.2) is 4.98 Å². The quantitative estimate of drug-likeness (QED) is 0.162. The topological polar surface area (TPSA) is 139 Å². The fraction of sp³-hybridized carbons (Fsp3) is 0.343. The highest BCUT2D eigenvalue weighted by atomic mass is 35.5. The zero-order chi connectivity index (χ0) is 32.8. The van der Waals surface area contributed by atoms with Gasteiger partial charge in [0.1, 0.15) is 5.69 Å². The van der Waals surface area contributed by atoms with Crippen molar-refractivity contribution in [2.24, 2.45) is 0 Å². The molecular formula is C35H38ClN7O4. The summed E-state index contributed by atoms with van der Waals surface area (Å²) in [6.45, 7) is 5.44. The maximum atomic E-state index is 13.1. The van der Waals surface area contributed by atoms with Crippen molar-refractivity contribution in [1.29, 1.82) is 0 Å². The Balaban J connectivity index is 1.14. The van der Waals surface area contributed by atoms with E-state index in [1.807, 2.05) is 49.4 Å². The number of nitrogens with one attached hydrogen (secondary N) is 4. The zero-order valence-corrected chi connectivity index (χ0v) is 27.2. The van der Waals surface area contributed by atoms with E-state index in [0.29, 0.717) is 71.4 Å². The molecule has 4 N–H and O–H groups in total. The smallest absolute Gasteiger partial charge is 0.274 e. The first-order valence-electron chi connectivity index (χ1n) is 15.8. The van der Waals surface area contributed by atoms with Crippen molar-refractivity contribution in [2.45, 2.75) is 51.4 Å². The molecule has 6 rings (SSSR count). The number of benzene rings is 1. The fourth-order valence-corrected chi connectivity index (χ4v) is 5.98. The van der Waals surface area contributed by atoms with Crippen LogP contribution in [-0.4, -0.2) is 65.7 Å². The summed E-state index contributed by atoms with van der Waals surface area (Å²) < 4.78 is 11.0. The van der Waals surface area contributed by atoms with Gasteiger partial charge in [-0.3, -0.25) is 19.6 Å². The lowest BCUT2D eigenvalue weighted by Crippen LogP contribution is -2.36. The maximum absolute atomic E-state index is 13.1. The van der Waals surface area contributed by atoms with Crippen LogP contribution in [0.5, 0.6) is 5.88 Å². The number of carbonyl (C=O) groups excluding carboxylic acids is 2. The molecule has 5 heterocycles. The van der Waals surface area contributed by atoms with Gasteiger partial charge in [0.15, 0.2) is 0 Å². The number of rotatable bonds is 13. The van der Waals surface area contributed by atoms with Gasteiger partial charge >= 0.3 is 0 Å².